The van der Waals surface area contributed by atoms with E-state index in [2.05, 4.69) is 4.98 Å². The highest BCUT2D eigenvalue weighted by Gasteiger charge is 2.36. The molecule has 144 valence electrons. The molecule has 27 heavy (non-hydrogen) atoms. The standard InChI is InChI=1S/C16H14Cl2N2O5S2/c1-20(26(2,22)23)11-6-5-10(17)12(13(11)18)16-15(21)14-9(4-3-7-19-14)8-27(16,24)25/h3-7,21H,8H2,1-2H3. The van der Waals surface area contributed by atoms with Crippen LogP contribution in [0.5, 0.6) is 0 Å². The molecule has 1 aliphatic heterocycles. The maximum atomic E-state index is 12.8. The van der Waals surface area contributed by atoms with Gasteiger partial charge in [0.25, 0.3) is 0 Å². The fourth-order valence-electron chi connectivity index (χ4n) is 2.75. The van der Waals surface area contributed by atoms with Gasteiger partial charge in [0.15, 0.2) is 15.6 Å². The topological polar surface area (TPSA) is 105 Å². The van der Waals surface area contributed by atoms with Crippen molar-refractivity contribution in [2.24, 2.45) is 0 Å². The van der Waals surface area contributed by atoms with Crippen LogP contribution in [0.15, 0.2) is 30.5 Å². The van der Waals surface area contributed by atoms with Gasteiger partial charge in [-0.3, -0.25) is 9.29 Å². The third-order valence-corrected chi connectivity index (χ3v) is 7.72. The van der Waals surface area contributed by atoms with Gasteiger partial charge >= 0.3 is 0 Å². The quantitative estimate of drug-likeness (QED) is 0.772. The molecule has 0 bridgehead atoms. The predicted octanol–water partition coefficient (Wildman–Crippen LogP) is 3.10. The van der Waals surface area contributed by atoms with Gasteiger partial charge in [0, 0.05) is 18.8 Å². The second-order valence-corrected chi connectivity index (χ2v) is 10.7. The zero-order valence-corrected chi connectivity index (χ0v) is 17.3. The molecule has 1 N–H and O–H groups in total. The summed E-state index contributed by atoms with van der Waals surface area (Å²) in [6, 6.07) is 5.79. The van der Waals surface area contributed by atoms with Crippen molar-refractivity contribution in [3.05, 3.63) is 57.3 Å². The fourth-order valence-corrected chi connectivity index (χ4v) is 5.80. The van der Waals surface area contributed by atoms with Crippen LogP contribution in [-0.2, 0) is 25.6 Å². The largest absolute Gasteiger partial charge is 0.504 e. The van der Waals surface area contributed by atoms with Crippen LogP contribution in [0.4, 0.5) is 5.69 Å². The van der Waals surface area contributed by atoms with Gasteiger partial charge in [0.05, 0.1) is 27.7 Å². The van der Waals surface area contributed by atoms with E-state index in [1.54, 1.807) is 12.1 Å². The molecule has 11 heteroatoms. The molecule has 7 nitrogen and oxygen atoms in total. The lowest BCUT2D eigenvalue weighted by Gasteiger charge is -2.24. The van der Waals surface area contributed by atoms with Gasteiger partial charge in [0.2, 0.25) is 10.0 Å². The normalized spacial score (nSPS) is 16.1. The van der Waals surface area contributed by atoms with E-state index in [1.165, 1.54) is 25.4 Å². The lowest BCUT2D eigenvalue weighted by Crippen LogP contribution is -2.25. The Morgan fingerprint density at radius 2 is 1.89 bits per heavy atom. The molecule has 1 aromatic heterocycles. The van der Waals surface area contributed by atoms with E-state index in [0.29, 0.717) is 5.56 Å². The number of sulfone groups is 1. The number of rotatable bonds is 3. The number of hydrogen-bond acceptors (Lipinski definition) is 6. The Morgan fingerprint density at radius 3 is 2.52 bits per heavy atom. The molecular formula is C16H14Cl2N2O5S2. The van der Waals surface area contributed by atoms with E-state index < -0.39 is 36.3 Å². The molecule has 0 radical (unpaired) electrons. The molecule has 0 atom stereocenters. The van der Waals surface area contributed by atoms with Gasteiger partial charge in [-0.2, -0.15) is 0 Å². The Bertz CT molecular complexity index is 1190. The summed E-state index contributed by atoms with van der Waals surface area (Å²) < 4.78 is 50.3. The summed E-state index contributed by atoms with van der Waals surface area (Å²) in [5, 5.41) is 10.4. The van der Waals surface area contributed by atoms with Gasteiger partial charge in [0.1, 0.15) is 10.6 Å². The molecule has 0 saturated heterocycles. The summed E-state index contributed by atoms with van der Waals surface area (Å²) in [4.78, 5) is 3.55. The zero-order valence-electron chi connectivity index (χ0n) is 14.1. The molecule has 3 rings (SSSR count). The van der Waals surface area contributed by atoms with Crippen molar-refractivity contribution in [2.75, 3.05) is 17.6 Å². The fraction of sp³-hybridized carbons (Fsp3) is 0.188. The van der Waals surface area contributed by atoms with Gasteiger partial charge in [-0.25, -0.2) is 16.8 Å². The van der Waals surface area contributed by atoms with E-state index in [9.17, 15) is 21.9 Å². The van der Waals surface area contributed by atoms with E-state index in [1.807, 2.05) is 0 Å². The van der Waals surface area contributed by atoms with Crippen molar-refractivity contribution in [1.29, 1.82) is 0 Å². The number of sulfonamides is 1. The number of anilines is 1. The number of benzene rings is 1. The Balaban J connectivity index is 2.37. The highest BCUT2D eigenvalue weighted by atomic mass is 35.5. The third kappa shape index (κ3) is 3.40. The molecule has 2 aromatic rings. The van der Waals surface area contributed by atoms with Crippen LogP contribution >= 0.6 is 23.2 Å². The molecule has 0 spiro atoms. The zero-order chi connectivity index (χ0) is 20.1. The van der Waals surface area contributed by atoms with Crippen LogP contribution in [0, 0.1) is 0 Å². The number of fused-ring (bicyclic) bond motifs is 1. The Hall–Kier alpha value is -1.81. The highest BCUT2D eigenvalue weighted by molar-refractivity contribution is 8.00. The van der Waals surface area contributed by atoms with Crippen LogP contribution < -0.4 is 4.31 Å². The minimum atomic E-state index is -4.01. The lowest BCUT2D eigenvalue weighted by molar-refractivity contribution is 0.508. The van der Waals surface area contributed by atoms with Crippen molar-refractivity contribution in [3.63, 3.8) is 0 Å². The first-order chi connectivity index (χ1) is 12.4. The molecule has 1 aliphatic rings. The van der Waals surface area contributed by atoms with Crippen molar-refractivity contribution in [3.8, 4) is 0 Å². The summed E-state index contributed by atoms with van der Waals surface area (Å²) in [7, 11) is -6.40. The minimum absolute atomic E-state index is 0.0286. The molecule has 0 saturated carbocycles. The van der Waals surface area contributed by atoms with Crippen LogP contribution in [-0.4, -0.2) is 40.2 Å². The van der Waals surface area contributed by atoms with E-state index in [0.717, 1.165) is 10.6 Å². The molecule has 0 fully saturated rings. The summed E-state index contributed by atoms with van der Waals surface area (Å²) >= 11 is 12.5. The lowest BCUT2D eigenvalue weighted by atomic mass is 10.1. The number of aromatic nitrogens is 1. The SMILES string of the molecule is CN(c1ccc(Cl)c(C2=C(O)c3ncccc3CS2(=O)=O)c1Cl)S(C)(=O)=O. The second-order valence-electron chi connectivity index (χ2n) is 5.93. The van der Waals surface area contributed by atoms with Gasteiger partial charge < -0.3 is 5.11 Å². The van der Waals surface area contributed by atoms with Crippen molar-refractivity contribution in [1.82, 2.24) is 4.98 Å². The summed E-state index contributed by atoms with van der Waals surface area (Å²) in [6.45, 7) is 0. The minimum Gasteiger partial charge on any atom is -0.504 e. The van der Waals surface area contributed by atoms with Crippen LogP contribution in [0.25, 0.3) is 10.7 Å². The number of halogens is 2. The van der Waals surface area contributed by atoms with Crippen LogP contribution in [0.1, 0.15) is 16.8 Å². The number of pyridine rings is 1. The molecular weight excluding hydrogens is 435 g/mol. The molecule has 2 heterocycles. The van der Waals surface area contributed by atoms with E-state index >= 15 is 0 Å². The molecule has 0 amide bonds. The van der Waals surface area contributed by atoms with E-state index in [4.69, 9.17) is 23.2 Å². The maximum absolute atomic E-state index is 12.8. The predicted molar refractivity (Wildman–Crippen MR) is 106 cm³/mol. The smallest absolute Gasteiger partial charge is 0.232 e. The van der Waals surface area contributed by atoms with Gasteiger partial charge in [-0.1, -0.05) is 29.3 Å². The highest BCUT2D eigenvalue weighted by Crippen LogP contribution is 2.45. The number of nitrogens with zero attached hydrogens (tertiary/aromatic N) is 2. The Labute approximate surface area is 166 Å². The Morgan fingerprint density at radius 1 is 1.22 bits per heavy atom. The average Bonchev–Trinajstić information content (AvgIpc) is 2.56. The van der Waals surface area contributed by atoms with Crippen molar-refractivity contribution in [2.45, 2.75) is 5.75 Å². The first-order valence-corrected chi connectivity index (χ1v) is 11.7. The first kappa shape index (κ1) is 19.9. The summed E-state index contributed by atoms with van der Waals surface area (Å²) in [5.41, 5.74) is 0.313. The van der Waals surface area contributed by atoms with Crippen LogP contribution in [0.2, 0.25) is 10.0 Å². The number of hydrogen-bond donors (Lipinski definition) is 1. The summed E-state index contributed by atoms with van der Waals surface area (Å²) in [5.74, 6) is -0.978. The first-order valence-electron chi connectivity index (χ1n) is 7.47. The average molecular weight is 449 g/mol. The summed E-state index contributed by atoms with van der Waals surface area (Å²) in [6.07, 6.45) is 2.40. The van der Waals surface area contributed by atoms with Crippen LogP contribution in [0.3, 0.4) is 0 Å². The maximum Gasteiger partial charge on any atom is 0.232 e. The van der Waals surface area contributed by atoms with Crippen molar-refractivity contribution < 1.29 is 21.9 Å². The van der Waals surface area contributed by atoms with Gasteiger partial charge in [-0.15, -0.1) is 0 Å². The Kier molecular flexibility index (Phi) is 4.92. The molecule has 0 aliphatic carbocycles. The second kappa shape index (κ2) is 6.66. The monoisotopic (exact) mass is 448 g/mol. The van der Waals surface area contributed by atoms with E-state index in [-0.39, 0.29) is 27.0 Å². The number of aliphatic hydroxyl groups excluding tert-OH is 1. The molecule has 0 unspecified atom stereocenters. The number of aliphatic hydroxyl groups is 1. The van der Waals surface area contributed by atoms with Gasteiger partial charge in [-0.05, 0) is 23.8 Å². The van der Waals surface area contributed by atoms with Crippen molar-refractivity contribution >= 4 is 59.4 Å². The molecule has 1 aromatic carbocycles. The third-order valence-electron chi connectivity index (χ3n) is 4.12.